The Hall–Kier alpha value is -3.60. The van der Waals surface area contributed by atoms with Gasteiger partial charge in [0.15, 0.2) is 0 Å². The summed E-state index contributed by atoms with van der Waals surface area (Å²) in [5, 5.41) is 14.5. The number of hydrogen-bond donors (Lipinski definition) is 0. The Kier molecular flexibility index (Phi) is 7.01. The number of thioether (sulfide) groups is 1. The molecule has 0 aliphatic carbocycles. The van der Waals surface area contributed by atoms with E-state index in [1.165, 1.54) is 18.2 Å². The monoisotopic (exact) mass is 485 g/mol. The van der Waals surface area contributed by atoms with Gasteiger partial charge in [-0.25, -0.2) is 13.1 Å². The van der Waals surface area contributed by atoms with Gasteiger partial charge in [0.2, 0.25) is 9.84 Å². The first kappa shape index (κ1) is 23.6. The van der Waals surface area contributed by atoms with E-state index in [-0.39, 0.29) is 9.80 Å². The zero-order valence-corrected chi connectivity index (χ0v) is 20.5. The summed E-state index contributed by atoms with van der Waals surface area (Å²) in [5.41, 5.74) is 3.76. The predicted octanol–water partition coefficient (Wildman–Crippen LogP) is 6.30. The molecule has 1 heterocycles. The summed E-state index contributed by atoms with van der Waals surface area (Å²) in [6.07, 6.45) is 3.16. The van der Waals surface area contributed by atoms with Crippen molar-refractivity contribution in [3.05, 3.63) is 101 Å². The number of rotatable bonds is 7. The van der Waals surface area contributed by atoms with Crippen molar-refractivity contribution < 1.29 is 8.42 Å². The zero-order chi connectivity index (χ0) is 24.1. The topological polar surface area (TPSA) is 75.8 Å². The lowest BCUT2D eigenvalue weighted by atomic mass is 10.1. The van der Waals surface area contributed by atoms with Crippen LogP contribution in [0.25, 0.3) is 23.0 Å². The fourth-order valence-electron chi connectivity index (χ4n) is 3.46. The van der Waals surface area contributed by atoms with E-state index >= 15 is 0 Å². The van der Waals surface area contributed by atoms with Crippen LogP contribution in [0.2, 0.25) is 0 Å². The van der Waals surface area contributed by atoms with Crippen LogP contribution in [0.4, 0.5) is 0 Å². The molecule has 7 heteroatoms. The molecule has 0 amide bonds. The van der Waals surface area contributed by atoms with Crippen LogP contribution in [0.15, 0.2) is 99.8 Å². The molecule has 170 valence electrons. The van der Waals surface area contributed by atoms with Gasteiger partial charge in [-0.2, -0.15) is 10.4 Å². The number of allylic oxidation sites excluding steroid dienone is 1. The SMILES string of the molecule is CCSc1ccc(-c2nn(-c3ccccc3)cc2C=C(C#N)S(=O)(=O)c2ccc(C)cc2)cc1. The molecule has 0 aliphatic rings. The van der Waals surface area contributed by atoms with Gasteiger partial charge in [-0.3, -0.25) is 0 Å². The average Bonchev–Trinajstić information content (AvgIpc) is 3.28. The lowest BCUT2D eigenvalue weighted by Crippen LogP contribution is -2.03. The van der Waals surface area contributed by atoms with Crippen LogP contribution in [-0.4, -0.2) is 24.0 Å². The van der Waals surface area contributed by atoms with Crippen molar-refractivity contribution in [3.63, 3.8) is 0 Å². The lowest BCUT2D eigenvalue weighted by Gasteiger charge is -2.05. The molecule has 0 bridgehead atoms. The van der Waals surface area contributed by atoms with Gasteiger partial charge in [0.05, 0.1) is 10.6 Å². The van der Waals surface area contributed by atoms with Crippen molar-refractivity contribution in [2.24, 2.45) is 0 Å². The second-order valence-corrected chi connectivity index (χ2v) is 10.9. The summed E-state index contributed by atoms with van der Waals surface area (Å²) in [7, 11) is -3.97. The van der Waals surface area contributed by atoms with Gasteiger partial charge in [-0.15, -0.1) is 11.8 Å². The van der Waals surface area contributed by atoms with Gasteiger partial charge in [0, 0.05) is 22.2 Å². The van der Waals surface area contributed by atoms with Crippen LogP contribution in [-0.2, 0) is 9.84 Å². The van der Waals surface area contributed by atoms with E-state index < -0.39 is 9.84 Å². The highest BCUT2D eigenvalue weighted by Gasteiger charge is 2.22. The second kappa shape index (κ2) is 10.1. The minimum atomic E-state index is -3.97. The number of nitrogens with zero attached hydrogens (tertiary/aromatic N) is 3. The summed E-state index contributed by atoms with van der Waals surface area (Å²) in [6.45, 7) is 3.98. The van der Waals surface area contributed by atoms with Crippen molar-refractivity contribution in [3.8, 4) is 23.0 Å². The van der Waals surface area contributed by atoms with Gasteiger partial charge in [-0.05, 0) is 55.2 Å². The van der Waals surface area contributed by atoms with E-state index in [4.69, 9.17) is 5.10 Å². The first-order valence-corrected chi connectivity index (χ1v) is 13.2. The minimum absolute atomic E-state index is 0.0869. The first-order chi connectivity index (χ1) is 16.4. The van der Waals surface area contributed by atoms with E-state index in [0.717, 1.165) is 27.5 Å². The molecule has 4 aromatic rings. The molecule has 5 nitrogen and oxygen atoms in total. The van der Waals surface area contributed by atoms with Crippen LogP contribution >= 0.6 is 11.8 Å². The van der Waals surface area contributed by atoms with Gasteiger partial charge >= 0.3 is 0 Å². The van der Waals surface area contributed by atoms with Crippen LogP contribution < -0.4 is 0 Å². The molecule has 0 radical (unpaired) electrons. The van der Waals surface area contributed by atoms with Crippen LogP contribution in [0, 0.1) is 18.3 Å². The van der Waals surface area contributed by atoms with Gasteiger partial charge < -0.3 is 0 Å². The van der Waals surface area contributed by atoms with E-state index in [2.05, 4.69) is 6.92 Å². The van der Waals surface area contributed by atoms with Crippen LogP contribution in [0.3, 0.4) is 0 Å². The molecule has 4 rings (SSSR count). The number of para-hydroxylation sites is 1. The average molecular weight is 486 g/mol. The largest absolute Gasteiger partial charge is 0.240 e. The molecular weight excluding hydrogens is 462 g/mol. The van der Waals surface area contributed by atoms with Crippen LogP contribution in [0.5, 0.6) is 0 Å². The molecule has 0 aliphatic heterocycles. The van der Waals surface area contributed by atoms with E-state index in [0.29, 0.717) is 11.3 Å². The van der Waals surface area contributed by atoms with E-state index in [1.807, 2.05) is 67.6 Å². The quantitative estimate of drug-likeness (QED) is 0.227. The maximum absolute atomic E-state index is 13.2. The Balaban J connectivity index is 1.85. The van der Waals surface area contributed by atoms with Crippen molar-refractivity contribution in [1.82, 2.24) is 9.78 Å². The molecule has 0 saturated carbocycles. The first-order valence-electron chi connectivity index (χ1n) is 10.7. The van der Waals surface area contributed by atoms with Gasteiger partial charge in [0.1, 0.15) is 16.7 Å². The second-order valence-electron chi connectivity index (χ2n) is 7.61. The molecule has 0 unspecified atom stereocenters. The van der Waals surface area contributed by atoms with E-state index in [1.54, 1.807) is 34.8 Å². The molecule has 1 aromatic heterocycles. The third-order valence-corrected chi connectivity index (χ3v) is 7.79. The van der Waals surface area contributed by atoms with Gasteiger partial charge in [0.25, 0.3) is 0 Å². The summed E-state index contributed by atoms with van der Waals surface area (Å²) in [6, 6.07) is 25.9. The van der Waals surface area contributed by atoms with Crippen molar-refractivity contribution in [2.45, 2.75) is 23.6 Å². The molecular formula is C27H23N3O2S2. The molecule has 0 atom stereocenters. The molecule has 34 heavy (non-hydrogen) atoms. The highest BCUT2D eigenvalue weighted by atomic mass is 32.2. The minimum Gasteiger partial charge on any atom is -0.240 e. The number of sulfone groups is 1. The summed E-state index contributed by atoms with van der Waals surface area (Å²) in [4.78, 5) is 0.901. The number of benzene rings is 3. The molecule has 0 saturated heterocycles. The smallest absolute Gasteiger partial charge is 0.216 e. The zero-order valence-electron chi connectivity index (χ0n) is 18.8. The highest BCUT2D eigenvalue weighted by Crippen LogP contribution is 2.30. The van der Waals surface area contributed by atoms with Crippen molar-refractivity contribution in [2.75, 3.05) is 5.75 Å². The Bertz CT molecular complexity index is 1460. The lowest BCUT2D eigenvalue weighted by molar-refractivity contribution is 0.603. The number of aryl methyl sites for hydroxylation is 1. The molecule has 0 N–H and O–H groups in total. The number of hydrogen-bond acceptors (Lipinski definition) is 5. The summed E-state index contributed by atoms with van der Waals surface area (Å²) in [5.74, 6) is 0.971. The fraction of sp³-hybridized carbons (Fsp3) is 0.111. The fourth-order valence-corrected chi connectivity index (χ4v) is 5.27. The standard InChI is InChI=1S/C27H23N3O2S2/c1-3-33-24-13-11-21(12-14-24)27-22(19-30(29-27)23-7-5-4-6-8-23)17-26(18-28)34(31,32)25-15-9-20(2)10-16-25/h4-17,19H,3H2,1-2H3. The van der Waals surface area contributed by atoms with E-state index in [9.17, 15) is 13.7 Å². The van der Waals surface area contributed by atoms with Crippen molar-refractivity contribution in [1.29, 1.82) is 5.26 Å². The summed E-state index contributed by atoms with van der Waals surface area (Å²) >= 11 is 1.74. The normalized spacial score (nSPS) is 11.9. The summed E-state index contributed by atoms with van der Waals surface area (Å²) < 4.78 is 28.1. The molecule has 3 aromatic carbocycles. The Morgan fingerprint density at radius 2 is 1.71 bits per heavy atom. The maximum atomic E-state index is 13.2. The number of aromatic nitrogens is 2. The number of nitriles is 1. The highest BCUT2D eigenvalue weighted by molar-refractivity contribution is 7.99. The molecule has 0 spiro atoms. The Labute approximate surface area is 204 Å². The van der Waals surface area contributed by atoms with Gasteiger partial charge in [-0.1, -0.05) is 55.0 Å². The molecule has 0 fully saturated rings. The third-order valence-electron chi connectivity index (χ3n) is 5.22. The van der Waals surface area contributed by atoms with Crippen LogP contribution in [0.1, 0.15) is 18.1 Å². The maximum Gasteiger partial charge on any atom is 0.216 e. The van der Waals surface area contributed by atoms with Crippen molar-refractivity contribution >= 4 is 27.7 Å². The predicted molar refractivity (Wildman–Crippen MR) is 137 cm³/mol. The Morgan fingerprint density at radius 3 is 2.32 bits per heavy atom. The Morgan fingerprint density at radius 1 is 1.03 bits per heavy atom. The third kappa shape index (κ3) is 4.98.